The highest BCUT2D eigenvalue weighted by Crippen LogP contribution is 2.20. The summed E-state index contributed by atoms with van der Waals surface area (Å²) in [5.41, 5.74) is 7.36. The first-order chi connectivity index (χ1) is 13.1. The van der Waals surface area contributed by atoms with Crippen LogP contribution >= 0.6 is 0 Å². The highest BCUT2D eigenvalue weighted by Gasteiger charge is 2.20. The lowest BCUT2D eigenvalue weighted by Gasteiger charge is -2.27. The number of methoxy groups -OCH3 is 1. The van der Waals surface area contributed by atoms with Crippen molar-refractivity contribution in [3.63, 3.8) is 0 Å². The molecule has 0 aliphatic heterocycles. The van der Waals surface area contributed by atoms with Crippen LogP contribution in [0.4, 0.5) is 0 Å². The van der Waals surface area contributed by atoms with Gasteiger partial charge in [0.05, 0.1) is 19.8 Å². The van der Waals surface area contributed by atoms with Crippen molar-refractivity contribution in [3.05, 3.63) is 60.2 Å². The van der Waals surface area contributed by atoms with Gasteiger partial charge in [0.15, 0.2) is 5.75 Å². The van der Waals surface area contributed by atoms with Crippen molar-refractivity contribution in [1.29, 1.82) is 0 Å². The maximum Gasteiger partial charge on any atom is 0.151 e. The first kappa shape index (κ1) is 21.2. The zero-order valence-corrected chi connectivity index (χ0v) is 16.4. The minimum atomic E-state index is -0.683. The predicted molar refractivity (Wildman–Crippen MR) is 109 cm³/mol. The molecule has 0 aromatic heterocycles. The molecule has 2 aromatic carbocycles. The fourth-order valence-corrected chi connectivity index (χ4v) is 2.89. The number of hydrogen-bond acceptors (Lipinski definition) is 5. The molecule has 5 heteroatoms. The molecule has 0 spiro atoms. The fraction of sp³-hybridized carbons (Fsp3) is 0.455. The monoisotopic (exact) mass is 372 g/mol. The van der Waals surface area contributed by atoms with Gasteiger partial charge in [0.25, 0.3) is 0 Å². The van der Waals surface area contributed by atoms with E-state index in [4.69, 9.17) is 15.3 Å². The van der Waals surface area contributed by atoms with E-state index >= 15 is 0 Å². The van der Waals surface area contributed by atoms with Crippen molar-refractivity contribution in [3.8, 4) is 11.5 Å². The van der Waals surface area contributed by atoms with Crippen LogP contribution in [0.25, 0.3) is 0 Å². The lowest BCUT2D eigenvalue weighted by molar-refractivity contribution is -0.0887. The highest BCUT2D eigenvalue weighted by atomic mass is 16.7. The number of nitrogens with zero attached hydrogens (tertiary/aromatic N) is 1. The molecule has 2 atom stereocenters. The van der Waals surface area contributed by atoms with E-state index in [0.29, 0.717) is 18.7 Å². The Kier molecular flexibility index (Phi) is 9.11. The predicted octanol–water partition coefficient (Wildman–Crippen LogP) is 3.41. The Morgan fingerprint density at radius 1 is 1.04 bits per heavy atom. The minimum Gasteiger partial charge on any atom is -0.497 e. The molecule has 0 amide bonds. The number of ether oxygens (including phenoxy) is 1. The van der Waals surface area contributed by atoms with E-state index in [1.807, 2.05) is 54.6 Å². The maximum atomic E-state index is 10.6. The summed E-state index contributed by atoms with van der Waals surface area (Å²) in [4.78, 5) is 6.01. The molecule has 2 unspecified atom stereocenters. The van der Waals surface area contributed by atoms with Crippen LogP contribution in [0.5, 0.6) is 11.5 Å². The van der Waals surface area contributed by atoms with Gasteiger partial charge in [-0.15, -0.1) is 5.06 Å². The van der Waals surface area contributed by atoms with Crippen LogP contribution < -0.4 is 15.3 Å². The van der Waals surface area contributed by atoms with Crippen molar-refractivity contribution in [1.82, 2.24) is 5.06 Å². The standard InChI is InChI=1S/C22H32N2O3/c1-3-4-8-14-24(27-20-13-9-12-19(16-20)26-2)17-22(25)21(23)15-18-10-6-5-7-11-18/h5-7,9-13,16,21-22,25H,3-4,8,14-15,17,23H2,1-2H3. The molecule has 0 radical (unpaired) electrons. The van der Waals surface area contributed by atoms with Gasteiger partial charge in [-0.1, -0.05) is 56.2 Å². The zero-order chi connectivity index (χ0) is 19.5. The molecular formula is C22H32N2O3. The van der Waals surface area contributed by atoms with Gasteiger partial charge < -0.3 is 20.4 Å². The molecule has 5 nitrogen and oxygen atoms in total. The summed E-state index contributed by atoms with van der Waals surface area (Å²) in [6.07, 6.45) is 3.19. The van der Waals surface area contributed by atoms with Crippen LogP contribution in [-0.2, 0) is 6.42 Å². The molecule has 0 saturated heterocycles. The summed E-state index contributed by atoms with van der Waals surface area (Å²) >= 11 is 0. The third-order valence-corrected chi connectivity index (χ3v) is 4.49. The molecule has 27 heavy (non-hydrogen) atoms. The molecule has 2 aromatic rings. The first-order valence-corrected chi connectivity index (χ1v) is 9.67. The van der Waals surface area contributed by atoms with Crippen LogP contribution in [0.3, 0.4) is 0 Å². The van der Waals surface area contributed by atoms with Crippen LogP contribution in [0.15, 0.2) is 54.6 Å². The molecule has 2 rings (SSSR count). The molecule has 3 N–H and O–H groups in total. The largest absolute Gasteiger partial charge is 0.497 e. The molecule has 0 aliphatic rings. The lowest BCUT2D eigenvalue weighted by Crippen LogP contribution is -2.46. The molecular weight excluding hydrogens is 340 g/mol. The van der Waals surface area contributed by atoms with E-state index < -0.39 is 6.10 Å². The number of benzene rings is 2. The van der Waals surface area contributed by atoms with E-state index in [-0.39, 0.29) is 6.04 Å². The number of rotatable bonds is 12. The van der Waals surface area contributed by atoms with Crippen molar-refractivity contribution in [2.75, 3.05) is 20.2 Å². The van der Waals surface area contributed by atoms with Crippen molar-refractivity contribution in [2.45, 2.75) is 44.8 Å². The smallest absolute Gasteiger partial charge is 0.151 e. The Labute approximate surface area is 162 Å². The van der Waals surface area contributed by atoms with Crippen LogP contribution in [0.1, 0.15) is 31.7 Å². The minimum absolute atomic E-state index is 0.352. The average molecular weight is 373 g/mol. The van der Waals surface area contributed by atoms with Crippen LogP contribution in [-0.4, -0.2) is 42.5 Å². The van der Waals surface area contributed by atoms with Crippen molar-refractivity contribution >= 4 is 0 Å². The van der Waals surface area contributed by atoms with E-state index in [1.54, 1.807) is 12.2 Å². The van der Waals surface area contributed by atoms with Gasteiger partial charge in [-0.2, -0.15) is 0 Å². The second-order valence-electron chi connectivity index (χ2n) is 6.79. The fourth-order valence-electron chi connectivity index (χ4n) is 2.89. The SMILES string of the molecule is CCCCCN(CC(O)C(N)Cc1ccccc1)Oc1cccc(OC)c1. The van der Waals surface area contributed by atoms with E-state index in [2.05, 4.69) is 6.92 Å². The van der Waals surface area contributed by atoms with Crippen molar-refractivity contribution < 1.29 is 14.7 Å². The Morgan fingerprint density at radius 2 is 1.78 bits per heavy atom. The summed E-state index contributed by atoms with van der Waals surface area (Å²) < 4.78 is 5.25. The van der Waals surface area contributed by atoms with Crippen molar-refractivity contribution in [2.24, 2.45) is 5.73 Å². The lowest BCUT2D eigenvalue weighted by atomic mass is 10.0. The quantitative estimate of drug-likeness (QED) is 0.441. The number of aliphatic hydroxyl groups is 1. The Hall–Kier alpha value is -2.08. The molecule has 0 aliphatic carbocycles. The van der Waals surface area contributed by atoms with Gasteiger partial charge in [0, 0.05) is 18.7 Å². The number of nitrogens with two attached hydrogens (primary N) is 1. The van der Waals surface area contributed by atoms with Crippen LogP contribution in [0, 0.1) is 0 Å². The van der Waals surface area contributed by atoms with E-state index in [9.17, 15) is 5.11 Å². The van der Waals surface area contributed by atoms with Gasteiger partial charge in [0.2, 0.25) is 0 Å². The molecule has 0 saturated carbocycles. The summed E-state index contributed by atoms with van der Waals surface area (Å²) in [6, 6.07) is 17.1. The maximum absolute atomic E-state index is 10.6. The number of hydroxylamine groups is 2. The number of aliphatic hydroxyl groups excluding tert-OH is 1. The second-order valence-corrected chi connectivity index (χ2v) is 6.79. The van der Waals surface area contributed by atoms with Crippen LogP contribution in [0.2, 0.25) is 0 Å². The third-order valence-electron chi connectivity index (χ3n) is 4.49. The molecule has 148 valence electrons. The molecule has 0 heterocycles. The number of hydrogen-bond donors (Lipinski definition) is 2. The van der Waals surface area contributed by atoms with Gasteiger partial charge >= 0.3 is 0 Å². The Morgan fingerprint density at radius 3 is 2.48 bits per heavy atom. The normalized spacial score (nSPS) is 13.4. The zero-order valence-electron chi connectivity index (χ0n) is 16.4. The molecule has 0 fully saturated rings. The Balaban J connectivity index is 1.97. The topological polar surface area (TPSA) is 68.0 Å². The highest BCUT2D eigenvalue weighted by molar-refractivity contribution is 5.32. The van der Waals surface area contributed by atoms with E-state index in [1.165, 1.54) is 0 Å². The summed E-state index contributed by atoms with van der Waals surface area (Å²) in [6.45, 7) is 3.26. The summed E-state index contributed by atoms with van der Waals surface area (Å²) in [5, 5.41) is 12.4. The second kappa shape index (κ2) is 11.6. The van der Waals surface area contributed by atoms with Gasteiger partial charge in [-0.3, -0.25) is 0 Å². The van der Waals surface area contributed by atoms with Gasteiger partial charge in [-0.25, -0.2) is 0 Å². The Bertz CT molecular complexity index is 651. The first-order valence-electron chi connectivity index (χ1n) is 9.67. The van der Waals surface area contributed by atoms with Gasteiger partial charge in [0.1, 0.15) is 5.75 Å². The van der Waals surface area contributed by atoms with E-state index in [0.717, 1.165) is 37.1 Å². The third kappa shape index (κ3) is 7.59. The summed E-state index contributed by atoms with van der Waals surface area (Å²) in [5.74, 6) is 1.43. The average Bonchev–Trinajstić information content (AvgIpc) is 2.69. The molecule has 0 bridgehead atoms. The summed E-state index contributed by atoms with van der Waals surface area (Å²) in [7, 11) is 1.63. The van der Waals surface area contributed by atoms with Gasteiger partial charge in [-0.05, 0) is 30.5 Å². The number of unbranched alkanes of at least 4 members (excludes halogenated alkanes) is 2.